The molecule has 3 amide bonds. The van der Waals surface area contributed by atoms with Gasteiger partial charge in [-0.2, -0.15) is 0 Å². The van der Waals surface area contributed by atoms with Crippen molar-refractivity contribution in [3.8, 4) is 5.75 Å². The van der Waals surface area contributed by atoms with Crippen LogP contribution in [0.1, 0.15) is 44.1 Å². The van der Waals surface area contributed by atoms with E-state index in [9.17, 15) is 14.4 Å². The number of carbonyl (C=O) groups is 3. The third-order valence-electron chi connectivity index (χ3n) is 6.58. The quantitative estimate of drug-likeness (QED) is 0.577. The van der Waals surface area contributed by atoms with Crippen LogP contribution in [-0.2, 0) is 14.4 Å². The number of nitrogens with one attached hydrogen (secondary N) is 2. The van der Waals surface area contributed by atoms with Gasteiger partial charge >= 0.3 is 0 Å². The van der Waals surface area contributed by atoms with Crippen LogP contribution in [-0.4, -0.2) is 58.6 Å². The van der Waals surface area contributed by atoms with Crippen molar-refractivity contribution in [3.63, 3.8) is 0 Å². The fraction of sp³-hybridized carbons (Fsp3) is 0.370. The van der Waals surface area contributed by atoms with E-state index in [1.54, 1.807) is 31.4 Å². The maximum atomic E-state index is 13.4. The SMILES string of the molecule is COc1cccc(NC(=O)CSC2=Nc3ccccc3C3=N[C@@H](CC(=O)NC4CCCCC4)C(=O)N23)c1. The van der Waals surface area contributed by atoms with E-state index in [0.717, 1.165) is 43.0 Å². The van der Waals surface area contributed by atoms with Gasteiger partial charge in [-0.25, -0.2) is 9.89 Å². The van der Waals surface area contributed by atoms with Crippen LogP contribution in [0.4, 0.5) is 11.4 Å². The molecule has 0 unspecified atom stereocenters. The summed E-state index contributed by atoms with van der Waals surface area (Å²) in [5.41, 5.74) is 2.02. The molecule has 0 saturated heterocycles. The molecule has 192 valence electrons. The number of thioether (sulfide) groups is 1. The summed E-state index contributed by atoms with van der Waals surface area (Å²) in [5, 5.41) is 6.29. The van der Waals surface area contributed by atoms with Gasteiger partial charge in [0.2, 0.25) is 11.8 Å². The van der Waals surface area contributed by atoms with E-state index >= 15 is 0 Å². The summed E-state index contributed by atoms with van der Waals surface area (Å²) < 4.78 is 5.20. The smallest absolute Gasteiger partial charge is 0.259 e. The summed E-state index contributed by atoms with van der Waals surface area (Å²) in [7, 11) is 1.56. The first-order valence-corrected chi connectivity index (χ1v) is 13.5. The largest absolute Gasteiger partial charge is 0.497 e. The molecular formula is C27H29N5O4S. The van der Waals surface area contributed by atoms with Gasteiger partial charge in [-0.1, -0.05) is 49.2 Å². The zero-order chi connectivity index (χ0) is 25.8. The van der Waals surface area contributed by atoms with E-state index in [1.165, 1.54) is 11.3 Å². The van der Waals surface area contributed by atoms with Crippen LogP contribution in [0.25, 0.3) is 0 Å². The van der Waals surface area contributed by atoms with Gasteiger partial charge in [-0.05, 0) is 37.1 Å². The van der Waals surface area contributed by atoms with Crippen molar-refractivity contribution in [2.24, 2.45) is 9.98 Å². The highest BCUT2D eigenvalue weighted by Crippen LogP contribution is 2.34. The molecule has 1 aliphatic carbocycles. The first-order chi connectivity index (χ1) is 18.0. The number of hydrogen-bond donors (Lipinski definition) is 2. The number of anilines is 1. The van der Waals surface area contributed by atoms with Gasteiger partial charge in [0.15, 0.2) is 5.17 Å². The molecule has 0 bridgehead atoms. The summed E-state index contributed by atoms with van der Waals surface area (Å²) in [4.78, 5) is 49.6. The van der Waals surface area contributed by atoms with E-state index in [1.807, 2.05) is 24.3 Å². The van der Waals surface area contributed by atoms with Crippen molar-refractivity contribution in [1.29, 1.82) is 0 Å². The summed E-state index contributed by atoms with van der Waals surface area (Å²) in [6, 6.07) is 13.9. The molecule has 1 atom stereocenters. The van der Waals surface area contributed by atoms with Gasteiger partial charge in [0.05, 0.1) is 25.0 Å². The Balaban J connectivity index is 1.28. The number of amides is 3. The first kappa shape index (κ1) is 25.0. The molecule has 1 fully saturated rings. The Morgan fingerprint density at radius 3 is 2.70 bits per heavy atom. The van der Waals surface area contributed by atoms with Crippen LogP contribution in [0.3, 0.4) is 0 Å². The molecule has 2 heterocycles. The maximum Gasteiger partial charge on any atom is 0.259 e. The van der Waals surface area contributed by atoms with Crippen molar-refractivity contribution in [2.45, 2.75) is 50.6 Å². The topological polar surface area (TPSA) is 112 Å². The van der Waals surface area contributed by atoms with Crippen LogP contribution in [0.5, 0.6) is 5.75 Å². The van der Waals surface area contributed by atoms with E-state index in [-0.39, 0.29) is 35.9 Å². The van der Waals surface area contributed by atoms with Gasteiger partial charge in [0.25, 0.3) is 5.91 Å². The summed E-state index contributed by atoms with van der Waals surface area (Å²) in [6.07, 6.45) is 5.37. The summed E-state index contributed by atoms with van der Waals surface area (Å²) in [5.74, 6) is 0.451. The average Bonchev–Trinajstić information content (AvgIpc) is 3.24. The number of aliphatic imine (C=N–C) groups is 2. The zero-order valence-electron chi connectivity index (χ0n) is 20.6. The van der Waals surface area contributed by atoms with E-state index < -0.39 is 6.04 Å². The minimum absolute atomic E-state index is 0.00816. The molecule has 37 heavy (non-hydrogen) atoms. The van der Waals surface area contributed by atoms with Gasteiger partial charge in [-0.15, -0.1) is 0 Å². The molecule has 1 saturated carbocycles. The van der Waals surface area contributed by atoms with E-state index in [4.69, 9.17) is 4.74 Å². The molecule has 3 aliphatic rings. The lowest BCUT2D eigenvalue weighted by molar-refractivity contribution is -0.129. The van der Waals surface area contributed by atoms with Crippen LogP contribution in [0, 0.1) is 0 Å². The molecule has 2 aliphatic heterocycles. The van der Waals surface area contributed by atoms with Crippen molar-refractivity contribution < 1.29 is 19.1 Å². The second-order valence-electron chi connectivity index (χ2n) is 9.23. The number of rotatable bonds is 7. The molecule has 2 N–H and O–H groups in total. The Labute approximate surface area is 219 Å². The lowest BCUT2D eigenvalue weighted by Gasteiger charge is -2.25. The summed E-state index contributed by atoms with van der Waals surface area (Å²) in [6.45, 7) is 0. The third kappa shape index (κ3) is 5.69. The second kappa shape index (κ2) is 11.2. The fourth-order valence-corrected chi connectivity index (χ4v) is 5.57. The van der Waals surface area contributed by atoms with E-state index in [2.05, 4.69) is 20.6 Å². The Hall–Kier alpha value is -3.66. The fourth-order valence-electron chi connectivity index (χ4n) is 4.77. The highest BCUT2D eigenvalue weighted by atomic mass is 32.2. The minimum Gasteiger partial charge on any atom is -0.497 e. The first-order valence-electron chi connectivity index (χ1n) is 12.5. The standard InChI is InChI=1S/C27H29N5O4S/c1-36-19-11-7-10-18(14-19)29-24(34)16-37-27-31-21-13-6-5-12-20(21)25-30-22(26(35)32(25)27)15-23(33)28-17-8-3-2-4-9-17/h5-7,10-14,17,22H,2-4,8-9,15-16H2,1H3,(H,28,33)(H,29,34)/t22-/m0/s1. The number of amidine groups is 2. The number of para-hydroxylation sites is 1. The predicted octanol–water partition coefficient (Wildman–Crippen LogP) is 3.86. The van der Waals surface area contributed by atoms with Crippen molar-refractivity contribution in [3.05, 3.63) is 54.1 Å². The Bertz CT molecular complexity index is 1270. The number of ether oxygens (including phenoxy) is 1. The van der Waals surface area contributed by atoms with Gasteiger partial charge in [-0.3, -0.25) is 19.4 Å². The highest BCUT2D eigenvalue weighted by molar-refractivity contribution is 8.14. The molecule has 0 aromatic heterocycles. The Morgan fingerprint density at radius 1 is 1.08 bits per heavy atom. The maximum absolute atomic E-state index is 13.4. The van der Waals surface area contributed by atoms with Crippen molar-refractivity contribution in [2.75, 3.05) is 18.2 Å². The highest BCUT2D eigenvalue weighted by Gasteiger charge is 2.42. The lowest BCUT2D eigenvalue weighted by Crippen LogP contribution is -2.43. The number of hydrogen-bond acceptors (Lipinski definition) is 7. The molecule has 9 nitrogen and oxygen atoms in total. The normalized spacial score (nSPS) is 18.9. The molecule has 10 heteroatoms. The van der Waals surface area contributed by atoms with Crippen LogP contribution >= 0.6 is 11.8 Å². The third-order valence-corrected chi connectivity index (χ3v) is 7.52. The molecule has 2 aromatic carbocycles. The number of nitrogens with zero attached hydrogens (tertiary/aromatic N) is 3. The Morgan fingerprint density at radius 2 is 1.89 bits per heavy atom. The summed E-state index contributed by atoms with van der Waals surface area (Å²) >= 11 is 1.16. The lowest BCUT2D eigenvalue weighted by atomic mass is 9.95. The molecule has 5 rings (SSSR count). The van der Waals surface area contributed by atoms with E-state index in [0.29, 0.717) is 28.1 Å². The van der Waals surface area contributed by atoms with Gasteiger partial charge in [0, 0.05) is 23.4 Å². The number of benzene rings is 2. The van der Waals surface area contributed by atoms with Crippen molar-refractivity contribution in [1.82, 2.24) is 10.2 Å². The average molecular weight is 520 g/mol. The van der Waals surface area contributed by atoms with Crippen molar-refractivity contribution >= 4 is 51.9 Å². The number of carbonyl (C=O) groups excluding carboxylic acids is 3. The number of fused-ring (bicyclic) bond motifs is 3. The van der Waals surface area contributed by atoms with Gasteiger partial charge in [0.1, 0.15) is 17.6 Å². The van der Waals surface area contributed by atoms with Crippen LogP contribution in [0.2, 0.25) is 0 Å². The monoisotopic (exact) mass is 519 g/mol. The van der Waals surface area contributed by atoms with Crippen LogP contribution < -0.4 is 15.4 Å². The Kier molecular flexibility index (Phi) is 7.55. The minimum atomic E-state index is -0.818. The molecule has 0 radical (unpaired) electrons. The van der Waals surface area contributed by atoms with Crippen LogP contribution in [0.15, 0.2) is 58.5 Å². The predicted molar refractivity (Wildman–Crippen MR) is 144 cm³/mol. The van der Waals surface area contributed by atoms with Gasteiger partial charge < -0.3 is 15.4 Å². The molecular weight excluding hydrogens is 490 g/mol. The number of methoxy groups -OCH3 is 1. The zero-order valence-corrected chi connectivity index (χ0v) is 21.4. The second-order valence-corrected chi connectivity index (χ2v) is 10.2. The molecule has 0 spiro atoms. The molecule has 2 aromatic rings.